The average molecular weight is 269 g/mol. The molecule has 0 bridgehead atoms. The number of hydrogen-bond donors (Lipinski definition) is 1. The van der Waals surface area contributed by atoms with Gasteiger partial charge in [-0.2, -0.15) is 5.10 Å². The highest BCUT2D eigenvalue weighted by Gasteiger charge is 2.40. The minimum Gasteiger partial charge on any atom is -0.332 e. The van der Waals surface area contributed by atoms with Crippen molar-refractivity contribution in [2.24, 2.45) is 0 Å². The van der Waals surface area contributed by atoms with Crippen molar-refractivity contribution in [2.75, 3.05) is 6.54 Å². The predicted molar refractivity (Wildman–Crippen MR) is 77.6 cm³/mol. The number of nitrogens with zero attached hydrogens (tertiary/aromatic N) is 2. The molecule has 104 valence electrons. The summed E-state index contributed by atoms with van der Waals surface area (Å²) >= 11 is 0. The third kappa shape index (κ3) is 2.33. The van der Waals surface area contributed by atoms with Crippen molar-refractivity contribution < 1.29 is 4.79 Å². The van der Waals surface area contributed by atoms with Crippen LogP contribution in [0.5, 0.6) is 0 Å². The molecule has 20 heavy (non-hydrogen) atoms. The molecule has 0 radical (unpaired) electrons. The van der Waals surface area contributed by atoms with E-state index in [4.69, 9.17) is 0 Å². The quantitative estimate of drug-likeness (QED) is 0.931. The van der Waals surface area contributed by atoms with Gasteiger partial charge in [-0.05, 0) is 31.9 Å². The van der Waals surface area contributed by atoms with Gasteiger partial charge < -0.3 is 4.90 Å². The zero-order chi connectivity index (χ0) is 14.2. The number of carbonyl (C=O) groups excluding carboxylic acids is 1. The fraction of sp³-hybridized carbons (Fsp3) is 0.375. The van der Waals surface area contributed by atoms with E-state index in [1.807, 2.05) is 29.2 Å². The number of hydrogen-bond acceptors (Lipinski definition) is 2. The number of amides is 1. The van der Waals surface area contributed by atoms with Crippen LogP contribution in [0.15, 0.2) is 36.4 Å². The van der Waals surface area contributed by atoms with Gasteiger partial charge in [0.1, 0.15) is 5.69 Å². The molecule has 1 fully saturated rings. The lowest BCUT2D eigenvalue weighted by Gasteiger charge is -2.48. The first-order chi connectivity index (χ1) is 9.56. The maximum atomic E-state index is 12.4. The first-order valence-corrected chi connectivity index (χ1v) is 6.96. The van der Waals surface area contributed by atoms with Crippen LogP contribution in [0, 0.1) is 0 Å². The standard InChI is InChI=1S/C16H19N3O/c1-16(2)8-9-19(16)15(20)14-11-13(17-18-14)10-12-6-4-3-5-7-12/h3-7,11H,8-10H2,1-2H3,(H,17,18). The van der Waals surface area contributed by atoms with Gasteiger partial charge in [0.25, 0.3) is 5.91 Å². The molecule has 1 aromatic heterocycles. The van der Waals surface area contributed by atoms with E-state index in [1.165, 1.54) is 5.56 Å². The zero-order valence-electron chi connectivity index (χ0n) is 11.9. The minimum atomic E-state index is -0.0321. The van der Waals surface area contributed by atoms with E-state index in [2.05, 4.69) is 36.2 Å². The Hall–Kier alpha value is -2.10. The minimum absolute atomic E-state index is 0.0248. The normalized spacial score (nSPS) is 16.8. The van der Waals surface area contributed by atoms with Crippen molar-refractivity contribution in [1.82, 2.24) is 15.1 Å². The number of rotatable bonds is 3. The highest BCUT2D eigenvalue weighted by Crippen LogP contribution is 2.30. The Balaban J connectivity index is 1.72. The van der Waals surface area contributed by atoms with Gasteiger partial charge in [-0.3, -0.25) is 9.89 Å². The molecule has 0 aliphatic carbocycles. The lowest BCUT2D eigenvalue weighted by Crippen LogP contribution is -2.58. The molecular formula is C16H19N3O. The number of aromatic amines is 1. The summed E-state index contributed by atoms with van der Waals surface area (Å²) in [4.78, 5) is 14.2. The van der Waals surface area contributed by atoms with Crippen molar-refractivity contribution >= 4 is 5.91 Å². The molecule has 0 unspecified atom stereocenters. The summed E-state index contributed by atoms with van der Waals surface area (Å²) in [6.45, 7) is 5.00. The SMILES string of the molecule is CC1(C)CCN1C(=O)c1cc(Cc2ccccc2)[nH]n1. The zero-order valence-corrected chi connectivity index (χ0v) is 11.9. The van der Waals surface area contributed by atoms with E-state index < -0.39 is 0 Å². The number of carbonyl (C=O) groups is 1. The molecule has 1 aromatic carbocycles. The number of nitrogens with one attached hydrogen (secondary N) is 1. The topological polar surface area (TPSA) is 49.0 Å². The molecule has 2 heterocycles. The Morgan fingerprint density at radius 1 is 1.35 bits per heavy atom. The molecule has 3 rings (SSSR count). The van der Waals surface area contributed by atoms with Crippen molar-refractivity contribution in [3.05, 3.63) is 53.3 Å². The molecule has 4 nitrogen and oxygen atoms in total. The van der Waals surface area contributed by atoms with E-state index >= 15 is 0 Å². The third-order valence-electron chi connectivity index (χ3n) is 4.01. The Bertz CT molecular complexity index is 616. The Morgan fingerprint density at radius 2 is 2.10 bits per heavy atom. The van der Waals surface area contributed by atoms with E-state index in [9.17, 15) is 4.79 Å². The van der Waals surface area contributed by atoms with Gasteiger partial charge in [0, 0.05) is 24.2 Å². The third-order valence-corrected chi connectivity index (χ3v) is 4.01. The van der Waals surface area contributed by atoms with Crippen LogP contribution in [0.1, 0.15) is 42.0 Å². The predicted octanol–water partition coefficient (Wildman–Crippen LogP) is 2.63. The van der Waals surface area contributed by atoms with Crippen LogP contribution < -0.4 is 0 Å². The molecule has 1 N–H and O–H groups in total. The van der Waals surface area contributed by atoms with Gasteiger partial charge in [0.05, 0.1) is 0 Å². The lowest BCUT2D eigenvalue weighted by molar-refractivity contribution is 0.0152. The first-order valence-electron chi connectivity index (χ1n) is 6.96. The van der Waals surface area contributed by atoms with E-state index in [-0.39, 0.29) is 11.4 Å². The molecule has 0 spiro atoms. The smallest absolute Gasteiger partial charge is 0.274 e. The molecule has 1 aliphatic heterocycles. The second-order valence-corrected chi connectivity index (χ2v) is 5.96. The summed E-state index contributed by atoms with van der Waals surface area (Å²) < 4.78 is 0. The largest absolute Gasteiger partial charge is 0.332 e. The summed E-state index contributed by atoms with van der Waals surface area (Å²) in [6, 6.07) is 12.0. The lowest BCUT2D eigenvalue weighted by atomic mass is 9.88. The number of likely N-dealkylation sites (tertiary alicyclic amines) is 1. The monoisotopic (exact) mass is 269 g/mol. The average Bonchev–Trinajstić information content (AvgIpc) is 2.87. The summed E-state index contributed by atoms with van der Waals surface area (Å²) in [5, 5.41) is 7.13. The van der Waals surface area contributed by atoms with Gasteiger partial charge in [0.15, 0.2) is 0 Å². The van der Waals surface area contributed by atoms with Crippen LogP contribution in [0.3, 0.4) is 0 Å². The second kappa shape index (κ2) is 4.78. The molecule has 4 heteroatoms. The van der Waals surface area contributed by atoms with Crippen molar-refractivity contribution in [2.45, 2.75) is 32.2 Å². The van der Waals surface area contributed by atoms with Crippen molar-refractivity contribution in [1.29, 1.82) is 0 Å². The fourth-order valence-corrected chi connectivity index (χ4v) is 2.56. The van der Waals surface area contributed by atoms with Crippen LogP contribution in [0.2, 0.25) is 0 Å². The Kier molecular flexibility index (Phi) is 3.08. The molecule has 1 amide bonds. The maximum Gasteiger partial charge on any atom is 0.274 e. The number of benzene rings is 1. The Labute approximate surface area is 118 Å². The highest BCUT2D eigenvalue weighted by molar-refractivity contribution is 5.93. The van der Waals surface area contributed by atoms with Crippen LogP contribution in [-0.2, 0) is 6.42 Å². The van der Waals surface area contributed by atoms with Crippen LogP contribution in [0.4, 0.5) is 0 Å². The van der Waals surface area contributed by atoms with E-state index in [0.717, 1.165) is 25.1 Å². The fourth-order valence-electron chi connectivity index (χ4n) is 2.56. The second-order valence-electron chi connectivity index (χ2n) is 5.96. The number of aromatic nitrogens is 2. The first kappa shape index (κ1) is 12.9. The molecule has 0 atom stereocenters. The summed E-state index contributed by atoms with van der Waals surface area (Å²) in [6.07, 6.45) is 1.82. The summed E-state index contributed by atoms with van der Waals surface area (Å²) in [7, 11) is 0. The van der Waals surface area contributed by atoms with Crippen molar-refractivity contribution in [3.63, 3.8) is 0 Å². The van der Waals surface area contributed by atoms with Gasteiger partial charge in [-0.25, -0.2) is 0 Å². The van der Waals surface area contributed by atoms with Gasteiger partial charge in [-0.1, -0.05) is 30.3 Å². The molecule has 0 saturated carbocycles. The van der Waals surface area contributed by atoms with Crippen molar-refractivity contribution in [3.8, 4) is 0 Å². The Morgan fingerprint density at radius 3 is 2.70 bits per heavy atom. The van der Waals surface area contributed by atoms with Gasteiger partial charge >= 0.3 is 0 Å². The highest BCUT2D eigenvalue weighted by atomic mass is 16.2. The summed E-state index contributed by atoms with van der Waals surface area (Å²) in [5.41, 5.74) is 2.66. The molecule has 2 aromatic rings. The molecular weight excluding hydrogens is 250 g/mol. The van der Waals surface area contributed by atoms with Crippen LogP contribution in [-0.4, -0.2) is 33.1 Å². The molecule has 1 saturated heterocycles. The van der Waals surface area contributed by atoms with Crippen LogP contribution in [0.25, 0.3) is 0 Å². The van der Waals surface area contributed by atoms with E-state index in [1.54, 1.807) is 0 Å². The number of H-pyrrole nitrogens is 1. The van der Waals surface area contributed by atoms with Gasteiger partial charge in [-0.15, -0.1) is 0 Å². The molecule has 1 aliphatic rings. The maximum absolute atomic E-state index is 12.4. The van der Waals surface area contributed by atoms with E-state index in [0.29, 0.717) is 5.69 Å². The summed E-state index contributed by atoms with van der Waals surface area (Å²) in [5.74, 6) is 0.0248. The van der Waals surface area contributed by atoms with Gasteiger partial charge in [0.2, 0.25) is 0 Å². The van der Waals surface area contributed by atoms with Crippen LogP contribution >= 0.6 is 0 Å².